The molecule has 3 aliphatic rings. The van der Waals surface area contributed by atoms with Gasteiger partial charge in [-0.25, -0.2) is 4.98 Å². The molecule has 6 heteroatoms. The summed E-state index contributed by atoms with van der Waals surface area (Å²) in [5.41, 5.74) is 3.70. The average molecular weight is 521 g/mol. The third kappa shape index (κ3) is 3.82. The summed E-state index contributed by atoms with van der Waals surface area (Å²) in [6.07, 6.45) is 5.38. The molecule has 0 aliphatic heterocycles. The average Bonchev–Trinajstić information content (AvgIpc) is 2.88. The fraction of sp³-hybridized carbons (Fsp3) is 0.393. The lowest BCUT2D eigenvalue weighted by molar-refractivity contribution is -0.160. The first-order valence-corrected chi connectivity index (χ1v) is 12.8. The Balaban J connectivity index is 1.56. The molecule has 3 aromatic rings. The van der Waals surface area contributed by atoms with Crippen LogP contribution in [0, 0.1) is 5.41 Å². The van der Waals surface area contributed by atoms with Crippen LogP contribution in [0.5, 0.6) is 0 Å². The molecule has 0 unspecified atom stereocenters. The molecular weight excluding hydrogens is 492 g/mol. The lowest BCUT2D eigenvalue weighted by Crippen LogP contribution is -2.58. The molecule has 0 spiro atoms. The molecule has 34 heavy (non-hydrogen) atoms. The van der Waals surface area contributed by atoms with Crippen LogP contribution in [0.4, 0.5) is 0 Å². The molecule has 3 saturated carbocycles. The van der Waals surface area contributed by atoms with Crippen LogP contribution in [-0.4, -0.2) is 29.5 Å². The number of carbonyl (C=O) groups excluding carboxylic acids is 2. The fourth-order valence-corrected chi connectivity index (χ4v) is 6.27. The predicted molar refractivity (Wildman–Crippen MR) is 137 cm³/mol. The van der Waals surface area contributed by atoms with Crippen LogP contribution >= 0.6 is 15.9 Å². The Labute approximate surface area is 208 Å². The number of fused-ring (bicyclic) bond motifs is 4. The van der Waals surface area contributed by atoms with Gasteiger partial charge in [-0.15, -0.1) is 0 Å². The molecular formula is C28H29BrN2O3. The zero-order chi connectivity index (χ0) is 23.9. The predicted octanol–water partition coefficient (Wildman–Crippen LogP) is 6.22. The van der Waals surface area contributed by atoms with Gasteiger partial charge in [0, 0.05) is 21.0 Å². The molecule has 5 nitrogen and oxygen atoms in total. The van der Waals surface area contributed by atoms with Gasteiger partial charge in [0.15, 0.2) is 0 Å². The Hall–Kier alpha value is -2.73. The number of pyridine rings is 1. The fourth-order valence-electron chi connectivity index (χ4n) is 5.91. The number of methoxy groups -OCH3 is 1. The van der Waals surface area contributed by atoms with Gasteiger partial charge in [-0.2, -0.15) is 0 Å². The van der Waals surface area contributed by atoms with Gasteiger partial charge < -0.3 is 10.1 Å². The van der Waals surface area contributed by atoms with E-state index in [4.69, 9.17) is 9.72 Å². The van der Waals surface area contributed by atoms with E-state index in [9.17, 15) is 9.59 Å². The number of carbonyl (C=O) groups is 2. The third-order valence-electron chi connectivity index (χ3n) is 7.92. The molecule has 1 heterocycles. The second-order valence-electron chi connectivity index (χ2n) is 9.70. The highest BCUT2D eigenvalue weighted by Crippen LogP contribution is 2.53. The van der Waals surface area contributed by atoms with Crippen molar-refractivity contribution in [2.75, 3.05) is 7.11 Å². The van der Waals surface area contributed by atoms with E-state index in [1.165, 1.54) is 7.11 Å². The van der Waals surface area contributed by atoms with Crippen molar-refractivity contribution >= 4 is 38.7 Å². The van der Waals surface area contributed by atoms with E-state index >= 15 is 0 Å². The summed E-state index contributed by atoms with van der Waals surface area (Å²) >= 11 is 3.58. The van der Waals surface area contributed by atoms with Gasteiger partial charge in [0.25, 0.3) is 5.91 Å². The van der Waals surface area contributed by atoms with E-state index in [0.717, 1.165) is 70.7 Å². The van der Waals surface area contributed by atoms with E-state index in [2.05, 4.69) is 28.2 Å². The van der Waals surface area contributed by atoms with Gasteiger partial charge in [-0.1, -0.05) is 53.2 Å². The zero-order valence-corrected chi connectivity index (χ0v) is 21.2. The molecule has 2 aromatic carbocycles. The standard InChI is InChI=1S/C28H29BrN2O3/c1-3-20-23(25(32)31-28-14-11-27(12-15-28,13-16-28)26(33)34-2)21-17-19(29)9-10-22(21)30-24(20)18-7-5-4-6-8-18/h4-10,17H,3,11-16H2,1-2H3,(H,31,32). The van der Waals surface area contributed by atoms with Crippen molar-refractivity contribution in [2.45, 2.75) is 57.4 Å². The Morgan fingerprint density at radius 2 is 1.71 bits per heavy atom. The van der Waals surface area contributed by atoms with E-state index in [1.54, 1.807) is 0 Å². The number of rotatable bonds is 5. The number of halogens is 1. The van der Waals surface area contributed by atoms with E-state index in [1.807, 2.05) is 48.5 Å². The second-order valence-corrected chi connectivity index (χ2v) is 10.6. The first kappa shape index (κ1) is 23.0. The van der Waals surface area contributed by atoms with Crippen molar-refractivity contribution < 1.29 is 14.3 Å². The smallest absolute Gasteiger partial charge is 0.311 e. The maximum atomic E-state index is 14.0. The van der Waals surface area contributed by atoms with Crippen LogP contribution in [0.3, 0.4) is 0 Å². The highest BCUT2D eigenvalue weighted by Gasteiger charge is 2.53. The van der Waals surface area contributed by atoms with Crippen molar-refractivity contribution in [2.24, 2.45) is 5.41 Å². The van der Waals surface area contributed by atoms with Crippen molar-refractivity contribution in [1.82, 2.24) is 10.3 Å². The first-order valence-electron chi connectivity index (χ1n) is 12.0. The Morgan fingerprint density at radius 3 is 2.32 bits per heavy atom. The third-order valence-corrected chi connectivity index (χ3v) is 8.41. The largest absolute Gasteiger partial charge is 0.469 e. The monoisotopic (exact) mass is 520 g/mol. The Bertz CT molecular complexity index is 1250. The van der Waals surface area contributed by atoms with Gasteiger partial charge in [0.1, 0.15) is 0 Å². The first-order chi connectivity index (χ1) is 16.4. The van der Waals surface area contributed by atoms with Crippen molar-refractivity contribution in [3.63, 3.8) is 0 Å². The SMILES string of the molecule is CCc1c(-c2ccccc2)nc2ccc(Br)cc2c1C(=O)NC12CCC(C(=O)OC)(CC1)CC2. The van der Waals surface area contributed by atoms with Crippen molar-refractivity contribution in [3.8, 4) is 11.3 Å². The minimum Gasteiger partial charge on any atom is -0.469 e. The number of hydrogen-bond donors (Lipinski definition) is 1. The summed E-state index contributed by atoms with van der Waals surface area (Å²) in [6, 6.07) is 16.0. The topological polar surface area (TPSA) is 68.3 Å². The second kappa shape index (κ2) is 8.81. The van der Waals surface area contributed by atoms with Gasteiger partial charge in [0.05, 0.1) is 29.3 Å². The summed E-state index contributed by atoms with van der Waals surface area (Å²) in [6.45, 7) is 2.08. The normalized spacial score (nSPS) is 23.6. The summed E-state index contributed by atoms with van der Waals surface area (Å²) in [5.74, 6) is -0.148. The Morgan fingerprint density at radius 1 is 1.03 bits per heavy atom. The minimum absolute atomic E-state index is 0.0491. The number of hydrogen-bond acceptors (Lipinski definition) is 4. The van der Waals surface area contributed by atoms with Crippen LogP contribution in [-0.2, 0) is 16.0 Å². The number of nitrogens with one attached hydrogen (secondary N) is 1. The highest BCUT2D eigenvalue weighted by molar-refractivity contribution is 9.10. The molecule has 1 amide bonds. The van der Waals surface area contributed by atoms with Crippen LogP contribution in [0.25, 0.3) is 22.2 Å². The van der Waals surface area contributed by atoms with Crippen molar-refractivity contribution in [1.29, 1.82) is 0 Å². The molecule has 3 aliphatic carbocycles. The van der Waals surface area contributed by atoms with E-state index in [-0.39, 0.29) is 22.8 Å². The Kier molecular flexibility index (Phi) is 5.96. The lowest BCUT2D eigenvalue weighted by atomic mass is 9.57. The molecule has 0 radical (unpaired) electrons. The summed E-state index contributed by atoms with van der Waals surface area (Å²) in [4.78, 5) is 31.4. The maximum Gasteiger partial charge on any atom is 0.311 e. The molecule has 6 rings (SSSR count). The molecule has 176 valence electrons. The number of amides is 1. The molecule has 3 fully saturated rings. The number of ether oxygens (including phenoxy) is 1. The van der Waals surface area contributed by atoms with Crippen LogP contribution in [0.2, 0.25) is 0 Å². The van der Waals surface area contributed by atoms with E-state index < -0.39 is 0 Å². The summed E-state index contributed by atoms with van der Waals surface area (Å²) in [5, 5.41) is 4.30. The number of nitrogens with zero attached hydrogens (tertiary/aromatic N) is 1. The van der Waals surface area contributed by atoms with Gasteiger partial charge >= 0.3 is 5.97 Å². The maximum absolute atomic E-state index is 14.0. The molecule has 2 bridgehead atoms. The van der Waals surface area contributed by atoms with Gasteiger partial charge in [0.2, 0.25) is 0 Å². The molecule has 0 saturated heterocycles. The lowest BCUT2D eigenvalue weighted by Gasteiger charge is -2.52. The number of aromatic nitrogens is 1. The van der Waals surface area contributed by atoms with Crippen LogP contribution in [0.15, 0.2) is 53.0 Å². The van der Waals surface area contributed by atoms with Crippen molar-refractivity contribution in [3.05, 3.63) is 64.1 Å². The molecule has 0 atom stereocenters. The highest BCUT2D eigenvalue weighted by atomic mass is 79.9. The minimum atomic E-state index is -0.371. The van der Waals surface area contributed by atoms with E-state index in [0.29, 0.717) is 12.0 Å². The van der Waals surface area contributed by atoms with Gasteiger partial charge in [-0.05, 0) is 68.7 Å². The van der Waals surface area contributed by atoms with Crippen LogP contribution < -0.4 is 5.32 Å². The van der Waals surface area contributed by atoms with Crippen LogP contribution in [0.1, 0.15) is 61.4 Å². The zero-order valence-electron chi connectivity index (χ0n) is 19.6. The number of benzene rings is 2. The summed E-state index contributed by atoms with van der Waals surface area (Å²) < 4.78 is 6.02. The van der Waals surface area contributed by atoms with Gasteiger partial charge in [-0.3, -0.25) is 9.59 Å². The number of esters is 1. The molecule has 1 aromatic heterocycles. The summed E-state index contributed by atoms with van der Waals surface area (Å²) in [7, 11) is 1.47. The quantitative estimate of drug-likeness (QED) is 0.405. The molecule has 1 N–H and O–H groups in total.